The molecule has 0 atom stereocenters. The van der Waals surface area contributed by atoms with Crippen molar-refractivity contribution in [1.29, 1.82) is 0 Å². The van der Waals surface area contributed by atoms with Crippen LogP contribution in [0.4, 0.5) is 0 Å². The van der Waals surface area contributed by atoms with E-state index in [0.29, 0.717) is 11.5 Å². The van der Waals surface area contributed by atoms with E-state index < -0.39 is 27.2 Å². The molecular formula is C40H46IrN2Si-2. The quantitative estimate of drug-likeness (QED) is 0.122. The van der Waals surface area contributed by atoms with E-state index in [0.717, 1.165) is 28.8 Å². The Hall–Kier alpha value is -3.17. The van der Waals surface area contributed by atoms with Gasteiger partial charge in [0.1, 0.15) is 0 Å². The summed E-state index contributed by atoms with van der Waals surface area (Å²) in [6.07, 6.45) is 4.92. The molecule has 0 amide bonds. The van der Waals surface area contributed by atoms with E-state index in [-0.39, 0.29) is 36.9 Å². The summed E-state index contributed by atoms with van der Waals surface area (Å²) in [5.74, 6) is 0.667. The molecule has 0 aliphatic rings. The molecule has 2 heterocycles. The second-order valence-electron chi connectivity index (χ2n) is 13.0. The molecule has 0 saturated heterocycles. The molecule has 5 rings (SSSR count). The van der Waals surface area contributed by atoms with Crippen molar-refractivity contribution < 1.29 is 28.3 Å². The first-order valence-electron chi connectivity index (χ1n) is 17.8. The Kier molecular flexibility index (Phi) is 9.39. The van der Waals surface area contributed by atoms with Crippen LogP contribution in [-0.4, -0.2) is 18.0 Å². The van der Waals surface area contributed by atoms with Gasteiger partial charge in [-0.1, -0.05) is 108 Å². The van der Waals surface area contributed by atoms with Crippen LogP contribution in [-0.2, 0) is 31.9 Å². The maximum atomic E-state index is 8.00. The van der Waals surface area contributed by atoms with Crippen molar-refractivity contribution in [1.82, 2.24) is 9.97 Å². The van der Waals surface area contributed by atoms with Crippen LogP contribution in [0.2, 0.25) is 19.6 Å². The molecule has 4 heteroatoms. The predicted molar refractivity (Wildman–Crippen MR) is 187 cm³/mol. The van der Waals surface area contributed by atoms with Gasteiger partial charge in [-0.25, -0.2) is 0 Å². The van der Waals surface area contributed by atoms with Crippen LogP contribution in [0.3, 0.4) is 0 Å². The van der Waals surface area contributed by atoms with Gasteiger partial charge in [0.15, 0.2) is 0 Å². The summed E-state index contributed by atoms with van der Waals surface area (Å²) >= 11 is 0. The summed E-state index contributed by atoms with van der Waals surface area (Å²) in [6.45, 7) is 11.2. The van der Waals surface area contributed by atoms with Gasteiger partial charge in [-0.3, -0.25) is 0 Å². The van der Waals surface area contributed by atoms with Crippen molar-refractivity contribution in [3.63, 3.8) is 0 Å². The number of hydrogen-bond donors (Lipinski definition) is 0. The van der Waals surface area contributed by atoms with E-state index in [4.69, 9.17) is 8.22 Å². The standard InChI is InChI=1S/C22H22N.C18H24NSi.Ir/c1-16-10-12-18(13-11-16)21-17(2)14-20(15-23-21)22(3,4)19-8-6-5-7-9-19;1-14(2)11-16-12-17(15-9-7-6-8-10-15)19-13-18(16)20(3,4)5;/h5-12,14-15H,1-4H3;6-9,12-14H,11H2,1-5H3;/q2*-1;/i1D3,2D3;;. The summed E-state index contributed by atoms with van der Waals surface area (Å²) in [7, 11) is -1.34. The first kappa shape index (κ1) is 27.2. The first-order valence-corrected chi connectivity index (χ1v) is 18.3. The Labute approximate surface area is 289 Å². The number of rotatable bonds is 7. The van der Waals surface area contributed by atoms with Crippen LogP contribution in [0.25, 0.3) is 22.5 Å². The van der Waals surface area contributed by atoms with Crippen LogP contribution in [0.5, 0.6) is 0 Å². The molecule has 0 aliphatic heterocycles. The number of nitrogens with zero attached hydrogens (tertiary/aromatic N) is 2. The summed E-state index contributed by atoms with van der Waals surface area (Å²) in [6, 6.07) is 32.4. The van der Waals surface area contributed by atoms with Crippen molar-refractivity contribution in [2.75, 3.05) is 0 Å². The van der Waals surface area contributed by atoms with Gasteiger partial charge in [-0.05, 0) is 46.9 Å². The van der Waals surface area contributed by atoms with Gasteiger partial charge in [0.2, 0.25) is 0 Å². The molecule has 2 nitrogen and oxygen atoms in total. The minimum Gasteiger partial charge on any atom is -0.305 e. The number of benzene rings is 3. The zero-order chi connectivity index (χ0) is 36.2. The maximum Gasteiger partial charge on any atom is 0.0798 e. The smallest absolute Gasteiger partial charge is 0.0798 e. The molecule has 5 aromatic rings. The Balaban J connectivity index is 0.000000283. The first-order chi connectivity index (χ1) is 22.8. The number of hydrogen-bond acceptors (Lipinski definition) is 2. The molecule has 1 radical (unpaired) electrons. The fraction of sp³-hybridized carbons (Fsp3) is 0.300. The van der Waals surface area contributed by atoms with Crippen LogP contribution in [0.1, 0.15) is 63.7 Å². The second kappa shape index (κ2) is 15.2. The topological polar surface area (TPSA) is 25.8 Å². The van der Waals surface area contributed by atoms with Crippen molar-refractivity contribution in [3.05, 3.63) is 137 Å². The number of pyridine rings is 2. The fourth-order valence-corrected chi connectivity index (χ4v) is 6.69. The van der Waals surface area contributed by atoms with Crippen molar-refractivity contribution in [2.45, 2.75) is 72.9 Å². The van der Waals surface area contributed by atoms with E-state index in [9.17, 15) is 0 Å². The normalized spacial score (nSPS) is 14.0. The van der Waals surface area contributed by atoms with Gasteiger partial charge in [0, 0.05) is 46.1 Å². The Bertz CT molecular complexity index is 1830. The minimum absolute atomic E-state index is 0. The predicted octanol–water partition coefficient (Wildman–Crippen LogP) is 9.78. The van der Waals surface area contributed by atoms with Crippen LogP contribution >= 0.6 is 0 Å². The molecule has 0 fully saturated rings. The molecule has 0 aliphatic carbocycles. The Morgan fingerprint density at radius 3 is 2.16 bits per heavy atom. The number of aryl methyl sites for hydroxylation is 2. The summed E-state index contributed by atoms with van der Waals surface area (Å²) in [4.78, 5) is 9.15. The molecule has 2 aromatic heterocycles. The van der Waals surface area contributed by atoms with Gasteiger partial charge < -0.3 is 9.97 Å². The second-order valence-corrected chi connectivity index (χ2v) is 18.0. The van der Waals surface area contributed by atoms with Crippen molar-refractivity contribution in [2.24, 2.45) is 5.92 Å². The average Bonchev–Trinajstić information content (AvgIpc) is 3.04. The summed E-state index contributed by atoms with van der Waals surface area (Å²) in [5, 5.41) is 1.49. The summed E-state index contributed by atoms with van der Waals surface area (Å²) in [5.41, 5.74) is 6.03. The van der Waals surface area contributed by atoms with E-state index in [1.807, 2.05) is 62.4 Å². The zero-order valence-electron chi connectivity index (χ0n) is 32.7. The van der Waals surface area contributed by atoms with Gasteiger partial charge in [0.25, 0.3) is 0 Å². The van der Waals surface area contributed by atoms with E-state index in [1.54, 1.807) is 18.3 Å². The van der Waals surface area contributed by atoms with Crippen LogP contribution in [0, 0.1) is 31.8 Å². The Morgan fingerprint density at radius 2 is 1.57 bits per heavy atom. The number of aromatic nitrogens is 2. The average molecular weight is 781 g/mol. The van der Waals surface area contributed by atoms with Gasteiger partial charge in [-0.2, -0.15) is 0 Å². The molecule has 0 bridgehead atoms. The van der Waals surface area contributed by atoms with Crippen LogP contribution in [0.15, 0.2) is 97.3 Å². The monoisotopic (exact) mass is 781 g/mol. The van der Waals surface area contributed by atoms with Crippen LogP contribution < -0.4 is 5.19 Å². The molecule has 0 unspecified atom stereocenters. The third-order valence-electron chi connectivity index (χ3n) is 7.58. The van der Waals surface area contributed by atoms with Crippen molar-refractivity contribution in [3.8, 4) is 22.5 Å². The Morgan fingerprint density at radius 1 is 0.818 bits per heavy atom. The maximum absolute atomic E-state index is 8.00. The molecule has 231 valence electrons. The molecular weight excluding hydrogens is 729 g/mol. The van der Waals surface area contributed by atoms with E-state index in [1.165, 1.54) is 22.9 Å². The SMILES string of the molecule is CC(C)Cc1cc(-c2[c-]cccc2)ncc1[Si](C)(C)C.[2H]C([2H])([2H])c1c[c-]c(-c2ncc(C(C)(C)c3ccccc3)cc2C([2H])([2H])[2H])cc1.[Ir]. The third-order valence-corrected chi connectivity index (χ3v) is 9.65. The van der Waals surface area contributed by atoms with Gasteiger partial charge in [0.05, 0.1) is 8.07 Å². The van der Waals surface area contributed by atoms with E-state index >= 15 is 0 Å². The third kappa shape index (κ3) is 8.94. The van der Waals surface area contributed by atoms with Crippen molar-refractivity contribution >= 4 is 13.3 Å². The van der Waals surface area contributed by atoms with Gasteiger partial charge >= 0.3 is 0 Å². The molecule has 0 spiro atoms. The molecule has 0 saturated carbocycles. The van der Waals surface area contributed by atoms with E-state index in [2.05, 4.69) is 73.9 Å². The molecule has 44 heavy (non-hydrogen) atoms. The van der Waals surface area contributed by atoms with Gasteiger partial charge in [-0.15, -0.1) is 71.3 Å². The molecule has 3 aromatic carbocycles. The molecule has 0 N–H and O–H groups in total. The minimum atomic E-state index is -2.37. The zero-order valence-corrected chi connectivity index (χ0v) is 30.1. The fourth-order valence-electron chi connectivity index (χ4n) is 5.10. The largest absolute Gasteiger partial charge is 0.305 e. The summed E-state index contributed by atoms with van der Waals surface area (Å²) < 4.78 is 46.4.